The molecule has 0 fully saturated rings. The van der Waals surface area contributed by atoms with E-state index in [1.165, 1.54) is 43.1 Å². The van der Waals surface area contributed by atoms with Crippen LogP contribution in [0.2, 0.25) is 0 Å². The molecule has 11 nitrogen and oxygen atoms in total. The van der Waals surface area contributed by atoms with Crippen LogP contribution in [-0.4, -0.2) is 61.3 Å². The second-order valence-electron chi connectivity index (χ2n) is 9.59. The van der Waals surface area contributed by atoms with Gasteiger partial charge in [0.15, 0.2) is 5.82 Å². The molecule has 2 aromatic carbocycles. The van der Waals surface area contributed by atoms with E-state index < -0.39 is 48.0 Å². The third kappa shape index (κ3) is 5.35. The van der Waals surface area contributed by atoms with E-state index in [1.807, 2.05) is 0 Å². The molecule has 1 aliphatic heterocycles. The zero-order valence-electron chi connectivity index (χ0n) is 22.7. The highest BCUT2D eigenvalue weighted by Gasteiger charge is 2.38. The van der Waals surface area contributed by atoms with E-state index >= 15 is 4.39 Å². The summed E-state index contributed by atoms with van der Waals surface area (Å²) in [6.45, 7) is 0.801. The molecular formula is C28H26F3N7O4. The number of methoxy groups -OCH3 is 1. The predicted molar refractivity (Wildman–Crippen MR) is 144 cm³/mol. The molecule has 42 heavy (non-hydrogen) atoms. The first-order valence-corrected chi connectivity index (χ1v) is 12.8. The van der Waals surface area contributed by atoms with Gasteiger partial charge in [-0.1, -0.05) is 6.07 Å². The van der Waals surface area contributed by atoms with Crippen molar-refractivity contribution in [2.45, 2.75) is 25.6 Å². The Morgan fingerprint density at radius 1 is 1.19 bits per heavy atom. The third-order valence-electron chi connectivity index (χ3n) is 6.98. The number of aliphatic hydroxyl groups is 1. The maximum Gasteiger partial charge on any atom is 0.258 e. The van der Waals surface area contributed by atoms with Crippen molar-refractivity contribution in [3.8, 4) is 17.0 Å². The minimum atomic E-state index is -1.09. The van der Waals surface area contributed by atoms with E-state index in [9.17, 15) is 23.5 Å². The highest BCUT2D eigenvalue weighted by Crippen LogP contribution is 2.34. The summed E-state index contributed by atoms with van der Waals surface area (Å²) in [5.41, 5.74) is -0.361. The number of carbonyl (C=O) groups excluding carboxylic acids is 2. The number of hydrogen-bond acceptors (Lipinski definition) is 8. The Bertz CT molecular complexity index is 1680. The van der Waals surface area contributed by atoms with Gasteiger partial charge < -0.3 is 25.4 Å². The summed E-state index contributed by atoms with van der Waals surface area (Å²) in [4.78, 5) is 35.6. The van der Waals surface area contributed by atoms with E-state index in [0.29, 0.717) is 11.4 Å². The Morgan fingerprint density at radius 3 is 2.67 bits per heavy atom. The fraction of sp³-hybridized carbons (Fsp3) is 0.250. The third-order valence-corrected chi connectivity index (χ3v) is 6.98. The van der Waals surface area contributed by atoms with E-state index in [0.717, 1.165) is 23.2 Å². The van der Waals surface area contributed by atoms with Crippen LogP contribution in [0.3, 0.4) is 0 Å². The van der Waals surface area contributed by atoms with Gasteiger partial charge in [0.05, 0.1) is 37.7 Å². The average molecular weight is 582 g/mol. The molecule has 2 amide bonds. The minimum absolute atomic E-state index is 0.0116. The molecule has 14 heteroatoms. The quantitative estimate of drug-likeness (QED) is 0.274. The molecule has 0 bridgehead atoms. The molecule has 0 saturated heterocycles. The van der Waals surface area contributed by atoms with Crippen LogP contribution in [0.4, 0.5) is 24.9 Å². The van der Waals surface area contributed by atoms with Gasteiger partial charge in [0, 0.05) is 31.3 Å². The zero-order chi connectivity index (χ0) is 30.1. The number of amides is 2. The van der Waals surface area contributed by atoms with Gasteiger partial charge in [0.25, 0.3) is 5.91 Å². The number of carbonyl (C=O) groups is 2. The van der Waals surface area contributed by atoms with Crippen LogP contribution in [-0.2, 0) is 18.4 Å². The molecular weight excluding hydrogens is 555 g/mol. The molecule has 2 atom stereocenters. The Morgan fingerprint density at radius 2 is 1.98 bits per heavy atom. The maximum absolute atomic E-state index is 15.8. The van der Waals surface area contributed by atoms with Crippen LogP contribution in [0.5, 0.6) is 5.75 Å². The number of aryl methyl sites for hydroxylation is 1. The number of aliphatic hydroxyl groups excluding tert-OH is 1. The molecule has 0 unspecified atom stereocenters. The molecule has 0 aliphatic carbocycles. The highest BCUT2D eigenvalue weighted by molar-refractivity contribution is 6.02. The molecule has 2 aromatic heterocycles. The van der Waals surface area contributed by atoms with Crippen LogP contribution < -0.4 is 15.4 Å². The van der Waals surface area contributed by atoms with Gasteiger partial charge in [-0.15, -0.1) is 0 Å². The van der Waals surface area contributed by atoms with Crippen LogP contribution in [0, 0.1) is 17.5 Å². The van der Waals surface area contributed by atoms with E-state index in [-0.39, 0.29) is 40.6 Å². The van der Waals surface area contributed by atoms with Gasteiger partial charge in [-0.25, -0.2) is 23.1 Å². The predicted octanol–water partition coefficient (Wildman–Crippen LogP) is 3.24. The first-order chi connectivity index (χ1) is 20.1. The molecule has 5 rings (SSSR count). The number of rotatable bonds is 9. The van der Waals surface area contributed by atoms with Crippen molar-refractivity contribution in [3.63, 3.8) is 0 Å². The Labute approximate surface area is 238 Å². The lowest BCUT2D eigenvalue weighted by Gasteiger charge is -2.26. The van der Waals surface area contributed by atoms with Crippen molar-refractivity contribution in [3.05, 3.63) is 82.9 Å². The fourth-order valence-corrected chi connectivity index (χ4v) is 4.67. The summed E-state index contributed by atoms with van der Waals surface area (Å²) in [6.07, 6.45) is 2.42. The molecule has 0 saturated carbocycles. The summed E-state index contributed by atoms with van der Waals surface area (Å²) in [6, 6.07) is 6.10. The monoisotopic (exact) mass is 581 g/mol. The Kier molecular flexibility index (Phi) is 7.81. The first-order valence-electron chi connectivity index (χ1n) is 12.8. The van der Waals surface area contributed by atoms with E-state index in [4.69, 9.17) is 4.74 Å². The molecule has 218 valence electrons. The summed E-state index contributed by atoms with van der Waals surface area (Å²) in [7, 11) is 3.03. The second kappa shape index (κ2) is 11.5. The topological polar surface area (TPSA) is 134 Å². The number of nitrogens with zero attached hydrogens (tertiary/aromatic N) is 5. The Hall–Kier alpha value is -4.98. The van der Waals surface area contributed by atoms with Crippen molar-refractivity contribution in [2.75, 3.05) is 19.0 Å². The number of benzene rings is 2. The van der Waals surface area contributed by atoms with Crippen molar-refractivity contribution < 1.29 is 32.6 Å². The number of ether oxygens (including phenoxy) is 1. The van der Waals surface area contributed by atoms with Gasteiger partial charge in [-0.3, -0.25) is 14.3 Å². The molecule has 0 spiro atoms. The van der Waals surface area contributed by atoms with Crippen molar-refractivity contribution >= 4 is 23.6 Å². The van der Waals surface area contributed by atoms with Crippen LogP contribution in [0.15, 0.2) is 48.8 Å². The smallest absolute Gasteiger partial charge is 0.258 e. The number of nitrogens with one attached hydrogen (secondary N) is 2. The van der Waals surface area contributed by atoms with Gasteiger partial charge in [-0.05, 0) is 36.2 Å². The van der Waals surface area contributed by atoms with E-state index in [1.54, 1.807) is 13.1 Å². The number of hydrogen-bond donors (Lipinski definition) is 3. The molecule has 3 heterocycles. The first kappa shape index (κ1) is 28.5. The summed E-state index contributed by atoms with van der Waals surface area (Å²) < 4.78 is 51.1. The van der Waals surface area contributed by atoms with Crippen molar-refractivity contribution in [1.82, 2.24) is 30.0 Å². The average Bonchev–Trinajstić information content (AvgIpc) is 3.54. The summed E-state index contributed by atoms with van der Waals surface area (Å²) in [5, 5.41) is 19.3. The normalized spacial score (nSPS) is 14.0. The Balaban J connectivity index is 1.37. The van der Waals surface area contributed by atoms with Crippen LogP contribution in [0.1, 0.15) is 34.5 Å². The van der Waals surface area contributed by atoms with Gasteiger partial charge in [0.1, 0.15) is 34.9 Å². The number of halogens is 3. The molecule has 1 aliphatic rings. The molecule has 3 N–H and O–H groups in total. The van der Waals surface area contributed by atoms with Gasteiger partial charge in [-0.2, -0.15) is 5.10 Å². The lowest BCUT2D eigenvalue weighted by atomic mass is 10.0. The van der Waals surface area contributed by atoms with Crippen LogP contribution in [0.25, 0.3) is 11.3 Å². The standard InChI is InChI=1S/C28H26F3N7O4/c1-14(26(40)34-21(13-39)16-8-17(29)10-18(9-16)42-3)38-12-15-4-5-19(24(31)23(15)27(38)41)25-20(30)11-32-28(36-25)35-22-6-7-33-37(22)2/h4-11,14,21,39H,12-13H2,1-3H3,(H,34,40)(H,32,35,36)/t14-,21-/m1/s1. The molecule has 0 radical (unpaired) electrons. The largest absolute Gasteiger partial charge is 0.497 e. The zero-order valence-corrected chi connectivity index (χ0v) is 22.7. The van der Waals surface area contributed by atoms with Crippen molar-refractivity contribution in [2.24, 2.45) is 7.05 Å². The lowest BCUT2D eigenvalue weighted by molar-refractivity contribution is -0.126. The van der Waals surface area contributed by atoms with Crippen LogP contribution >= 0.6 is 0 Å². The number of fused-ring (bicyclic) bond motifs is 1. The lowest BCUT2D eigenvalue weighted by Crippen LogP contribution is -2.46. The fourth-order valence-electron chi connectivity index (χ4n) is 4.67. The molecule has 4 aromatic rings. The summed E-state index contributed by atoms with van der Waals surface area (Å²) >= 11 is 0. The van der Waals surface area contributed by atoms with Crippen molar-refractivity contribution in [1.29, 1.82) is 0 Å². The maximum atomic E-state index is 15.8. The second-order valence-corrected chi connectivity index (χ2v) is 9.59. The minimum Gasteiger partial charge on any atom is -0.497 e. The van der Waals surface area contributed by atoms with Gasteiger partial charge >= 0.3 is 0 Å². The number of aromatic nitrogens is 4. The highest BCUT2D eigenvalue weighted by atomic mass is 19.1. The number of anilines is 2. The van der Waals surface area contributed by atoms with Gasteiger partial charge in [0.2, 0.25) is 11.9 Å². The summed E-state index contributed by atoms with van der Waals surface area (Å²) in [5.74, 6) is -3.25. The SMILES string of the molecule is COc1cc(F)cc([C@@H](CO)NC(=O)[C@@H](C)N2Cc3ccc(-c4nc(Nc5ccnn5C)ncc4F)c(F)c3C2=O)c1. The van der Waals surface area contributed by atoms with E-state index in [2.05, 4.69) is 25.7 Å².